The molecule has 0 radical (unpaired) electrons. The van der Waals surface area contributed by atoms with Gasteiger partial charge in [0.2, 0.25) is 5.91 Å². The number of carbonyl (C=O) groups excluding carboxylic acids is 1. The zero-order valence-electron chi connectivity index (χ0n) is 11.2. The number of hydrogen-bond donors (Lipinski definition) is 2. The molecule has 1 amide bonds. The predicted octanol–water partition coefficient (Wildman–Crippen LogP) is 4.30. The summed E-state index contributed by atoms with van der Waals surface area (Å²) in [5.41, 5.74) is 1.81. The van der Waals surface area contributed by atoms with Gasteiger partial charge in [0.05, 0.1) is 5.69 Å². The van der Waals surface area contributed by atoms with Crippen LogP contribution in [0.1, 0.15) is 12.5 Å². The minimum absolute atomic E-state index is 0.141. The van der Waals surface area contributed by atoms with Crippen molar-refractivity contribution in [1.29, 1.82) is 0 Å². The zero-order chi connectivity index (χ0) is 15.4. The Morgan fingerprint density at radius 2 is 1.86 bits per heavy atom. The molecule has 0 atom stereocenters. The number of hydrogen-bond acceptors (Lipinski definition) is 2. The summed E-state index contributed by atoms with van der Waals surface area (Å²) < 4.78 is 27.0. The number of halogens is 3. The van der Waals surface area contributed by atoms with Crippen molar-refractivity contribution in [2.75, 3.05) is 10.6 Å². The monoisotopic (exact) mass is 354 g/mol. The average Bonchev–Trinajstić information content (AvgIpc) is 2.38. The molecule has 110 valence electrons. The Kier molecular flexibility index (Phi) is 4.90. The Balaban J connectivity index is 2.05. The largest absolute Gasteiger partial charge is 0.378 e. The fraction of sp³-hybridized carbons (Fsp3) is 0.133. The SMILES string of the molecule is CC(=O)Nc1ccc(CNc2c(F)cc(F)cc2Br)cc1. The molecule has 0 aliphatic heterocycles. The first-order valence-electron chi connectivity index (χ1n) is 6.20. The molecule has 0 heterocycles. The Morgan fingerprint density at radius 3 is 2.43 bits per heavy atom. The molecule has 0 saturated carbocycles. The molecule has 0 aliphatic carbocycles. The number of benzene rings is 2. The third-order valence-electron chi connectivity index (χ3n) is 2.75. The van der Waals surface area contributed by atoms with Crippen molar-refractivity contribution in [3.63, 3.8) is 0 Å². The van der Waals surface area contributed by atoms with E-state index in [0.29, 0.717) is 16.7 Å². The second-order valence-corrected chi connectivity index (χ2v) is 5.33. The highest BCUT2D eigenvalue weighted by atomic mass is 79.9. The van der Waals surface area contributed by atoms with E-state index in [1.165, 1.54) is 13.0 Å². The van der Waals surface area contributed by atoms with Crippen molar-refractivity contribution in [2.24, 2.45) is 0 Å². The maximum absolute atomic E-state index is 13.6. The molecule has 3 nitrogen and oxygen atoms in total. The number of amides is 1. The normalized spacial score (nSPS) is 10.3. The quantitative estimate of drug-likeness (QED) is 0.859. The van der Waals surface area contributed by atoms with Gasteiger partial charge >= 0.3 is 0 Å². The van der Waals surface area contributed by atoms with Crippen LogP contribution in [-0.2, 0) is 11.3 Å². The van der Waals surface area contributed by atoms with Gasteiger partial charge in [0.1, 0.15) is 11.6 Å². The lowest BCUT2D eigenvalue weighted by Crippen LogP contribution is -2.06. The highest BCUT2D eigenvalue weighted by Gasteiger charge is 2.09. The standard InChI is InChI=1S/C15H13BrF2N2O/c1-9(21)20-12-4-2-10(3-5-12)8-19-15-13(16)6-11(17)7-14(15)18/h2-7,19H,8H2,1H3,(H,20,21). The van der Waals surface area contributed by atoms with Crippen molar-refractivity contribution in [3.05, 3.63) is 58.1 Å². The van der Waals surface area contributed by atoms with Gasteiger partial charge in [0.25, 0.3) is 0 Å². The summed E-state index contributed by atoms with van der Waals surface area (Å²) in [7, 11) is 0. The highest BCUT2D eigenvalue weighted by Crippen LogP contribution is 2.27. The molecule has 6 heteroatoms. The molecule has 2 aromatic carbocycles. The molecule has 21 heavy (non-hydrogen) atoms. The van der Waals surface area contributed by atoms with E-state index in [1.54, 1.807) is 12.1 Å². The lowest BCUT2D eigenvalue weighted by Gasteiger charge is -2.10. The number of nitrogens with one attached hydrogen (secondary N) is 2. The van der Waals surface area contributed by atoms with Crippen molar-refractivity contribution in [2.45, 2.75) is 13.5 Å². The zero-order valence-corrected chi connectivity index (χ0v) is 12.8. The van der Waals surface area contributed by atoms with E-state index in [9.17, 15) is 13.6 Å². The second-order valence-electron chi connectivity index (χ2n) is 4.48. The van der Waals surface area contributed by atoms with Crippen LogP contribution in [0.3, 0.4) is 0 Å². The third kappa shape index (κ3) is 4.26. The third-order valence-corrected chi connectivity index (χ3v) is 3.38. The summed E-state index contributed by atoms with van der Waals surface area (Å²) in [6.07, 6.45) is 0. The van der Waals surface area contributed by atoms with Crippen LogP contribution >= 0.6 is 15.9 Å². The van der Waals surface area contributed by atoms with Crippen molar-refractivity contribution >= 4 is 33.2 Å². The van der Waals surface area contributed by atoms with E-state index in [1.807, 2.05) is 12.1 Å². The van der Waals surface area contributed by atoms with E-state index in [2.05, 4.69) is 26.6 Å². The molecule has 0 spiro atoms. The van der Waals surface area contributed by atoms with Crippen molar-refractivity contribution in [3.8, 4) is 0 Å². The summed E-state index contributed by atoms with van der Waals surface area (Å²) in [5.74, 6) is -1.43. The summed E-state index contributed by atoms with van der Waals surface area (Å²) in [6.45, 7) is 1.81. The molecule has 0 aromatic heterocycles. The van der Waals surface area contributed by atoms with Gasteiger partial charge in [-0.3, -0.25) is 4.79 Å². The lowest BCUT2D eigenvalue weighted by molar-refractivity contribution is -0.114. The molecule has 0 bridgehead atoms. The number of carbonyl (C=O) groups is 1. The Morgan fingerprint density at radius 1 is 1.19 bits per heavy atom. The Hall–Kier alpha value is -1.95. The van der Waals surface area contributed by atoms with Gasteiger partial charge in [-0.1, -0.05) is 12.1 Å². The molecule has 2 N–H and O–H groups in total. The van der Waals surface area contributed by atoms with Crippen LogP contribution < -0.4 is 10.6 Å². The van der Waals surface area contributed by atoms with Gasteiger partial charge in [-0.2, -0.15) is 0 Å². The van der Waals surface area contributed by atoms with E-state index >= 15 is 0 Å². The Bertz CT molecular complexity index is 636. The van der Waals surface area contributed by atoms with Gasteiger partial charge in [0, 0.05) is 29.7 Å². The van der Waals surface area contributed by atoms with Crippen LogP contribution in [0.15, 0.2) is 40.9 Å². The van der Waals surface area contributed by atoms with Crippen LogP contribution in [0, 0.1) is 11.6 Å². The molecule has 2 aromatic rings. The van der Waals surface area contributed by atoms with Crippen LogP contribution in [-0.4, -0.2) is 5.91 Å². The molecule has 0 saturated heterocycles. The fourth-order valence-electron chi connectivity index (χ4n) is 1.81. The lowest BCUT2D eigenvalue weighted by atomic mass is 10.2. The first kappa shape index (κ1) is 15.4. The van der Waals surface area contributed by atoms with Gasteiger partial charge in [0.15, 0.2) is 0 Å². The molecule has 0 fully saturated rings. The van der Waals surface area contributed by atoms with Gasteiger partial charge < -0.3 is 10.6 Å². The molecule has 0 unspecified atom stereocenters. The second kappa shape index (κ2) is 6.67. The molecular formula is C15H13BrF2N2O. The van der Waals surface area contributed by atoms with Crippen molar-refractivity contribution in [1.82, 2.24) is 0 Å². The van der Waals surface area contributed by atoms with E-state index in [0.717, 1.165) is 11.6 Å². The highest BCUT2D eigenvalue weighted by molar-refractivity contribution is 9.10. The topological polar surface area (TPSA) is 41.1 Å². The van der Waals surface area contributed by atoms with Crippen LogP contribution in [0.25, 0.3) is 0 Å². The Labute approximate surface area is 129 Å². The van der Waals surface area contributed by atoms with E-state index in [4.69, 9.17) is 0 Å². The fourth-order valence-corrected chi connectivity index (χ4v) is 2.36. The summed E-state index contributed by atoms with van der Waals surface area (Å²) in [5, 5.41) is 5.57. The summed E-state index contributed by atoms with van der Waals surface area (Å²) in [6, 6.07) is 9.17. The minimum Gasteiger partial charge on any atom is -0.378 e. The number of anilines is 2. The average molecular weight is 355 g/mol. The predicted molar refractivity (Wildman–Crippen MR) is 82.1 cm³/mol. The first-order chi connectivity index (χ1) is 9.95. The summed E-state index contributed by atoms with van der Waals surface area (Å²) >= 11 is 3.12. The van der Waals surface area contributed by atoms with Crippen molar-refractivity contribution < 1.29 is 13.6 Å². The van der Waals surface area contributed by atoms with Crippen LogP contribution in [0.5, 0.6) is 0 Å². The maximum atomic E-state index is 13.6. The summed E-state index contributed by atoms with van der Waals surface area (Å²) in [4.78, 5) is 10.9. The molecular weight excluding hydrogens is 342 g/mol. The van der Waals surface area contributed by atoms with E-state index in [-0.39, 0.29) is 11.6 Å². The van der Waals surface area contributed by atoms with E-state index < -0.39 is 11.6 Å². The first-order valence-corrected chi connectivity index (χ1v) is 7.00. The van der Waals surface area contributed by atoms with Gasteiger partial charge in [-0.15, -0.1) is 0 Å². The number of rotatable bonds is 4. The van der Waals surface area contributed by atoms with Gasteiger partial charge in [-0.25, -0.2) is 8.78 Å². The van der Waals surface area contributed by atoms with Crippen LogP contribution in [0.4, 0.5) is 20.2 Å². The molecule has 0 aliphatic rings. The molecule has 2 rings (SSSR count). The maximum Gasteiger partial charge on any atom is 0.221 e. The van der Waals surface area contributed by atoms with Gasteiger partial charge in [-0.05, 0) is 39.7 Å². The van der Waals surface area contributed by atoms with Crippen LogP contribution in [0.2, 0.25) is 0 Å². The minimum atomic E-state index is -0.656. The smallest absolute Gasteiger partial charge is 0.221 e.